The molecule has 0 aliphatic carbocycles. The van der Waals surface area contributed by atoms with Gasteiger partial charge in [0.1, 0.15) is 6.61 Å². The van der Waals surface area contributed by atoms with Crippen LogP contribution in [0.3, 0.4) is 0 Å². The molecule has 124 valence electrons. The summed E-state index contributed by atoms with van der Waals surface area (Å²) in [7, 11) is 0. The zero-order chi connectivity index (χ0) is 16.5. The van der Waals surface area contributed by atoms with Crippen molar-refractivity contribution in [3.8, 4) is 0 Å². The van der Waals surface area contributed by atoms with Crippen LogP contribution < -0.4 is 5.73 Å². The maximum Gasteiger partial charge on any atom is 0.311 e. The summed E-state index contributed by atoms with van der Waals surface area (Å²) < 4.78 is 10.2. The van der Waals surface area contributed by atoms with Crippen LogP contribution in [0.1, 0.15) is 47.0 Å². The Morgan fingerprint density at radius 1 is 1.10 bits per heavy atom. The predicted octanol–water partition coefficient (Wildman–Crippen LogP) is 1.25. The summed E-state index contributed by atoms with van der Waals surface area (Å²) in [6, 6.07) is 0. The summed E-state index contributed by atoms with van der Waals surface area (Å²) in [4.78, 5) is 24.2. The molecule has 0 rings (SSSR count). The number of aliphatic hydroxyl groups excluding tert-OH is 1. The lowest BCUT2D eigenvalue weighted by molar-refractivity contribution is -0.163. The van der Waals surface area contributed by atoms with Gasteiger partial charge in [-0.1, -0.05) is 6.92 Å². The molecule has 1 unspecified atom stereocenters. The van der Waals surface area contributed by atoms with Crippen LogP contribution in [0, 0.1) is 10.8 Å². The number of nitrogens with two attached hydrogens (primary N) is 1. The molecule has 3 N–H and O–H groups in total. The van der Waals surface area contributed by atoms with Gasteiger partial charge in [-0.3, -0.25) is 9.59 Å². The third-order valence-corrected chi connectivity index (χ3v) is 3.56. The van der Waals surface area contributed by atoms with E-state index in [0.717, 1.165) is 0 Å². The van der Waals surface area contributed by atoms with Gasteiger partial charge < -0.3 is 20.3 Å². The molecule has 6 nitrogen and oxygen atoms in total. The summed E-state index contributed by atoms with van der Waals surface area (Å²) in [5.74, 6) is -0.743. The number of hydrogen-bond donors (Lipinski definition) is 2. The van der Waals surface area contributed by atoms with Crippen LogP contribution in [0.4, 0.5) is 0 Å². The van der Waals surface area contributed by atoms with E-state index in [0.29, 0.717) is 32.4 Å². The van der Waals surface area contributed by atoms with Gasteiger partial charge in [0, 0.05) is 0 Å². The number of carbonyl (C=O) groups excluding carboxylic acids is 2. The Labute approximate surface area is 127 Å². The first kappa shape index (κ1) is 19.9. The Morgan fingerprint density at radius 2 is 1.67 bits per heavy atom. The largest absolute Gasteiger partial charge is 0.465 e. The zero-order valence-corrected chi connectivity index (χ0v) is 13.6. The summed E-state index contributed by atoms with van der Waals surface area (Å²) in [5, 5.41) is 8.71. The molecule has 0 aromatic heterocycles. The summed E-state index contributed by atoms with van der Waals surface area (Å²) in [6.07, 6.45) is 1.50. The zero-order valence-electron chi connectivity index (χ0n) is 13.6. The molecule has 0 heterocycles. The van der Waals surface area contributed by atoms with E-state index in [2.05, 4.69) is 0 Å². The fourth-order valence-corrected chi connectivity index (χ4v) is 2.15. The van der Waals surface area contributed by atoms with Crippen LogP contribution in [-0.4, -0.2) is 43.4 Å². The van der Waals surface area contributed by atoms with Crippen LogP contribution in [-0.2, 0) is 19.1 Å². The highest BCUT2D eigenvalue weighted by molar-refractivity contribution is 5.80. The Balaban J connectivity index is 4.76. The minimum absolute atomic E-state index is 0.0357. The fourth-order valence-electron chi connectivity index (χ4n) is 2.15. The fraction of sp³-hybridized carbons (Fsp3) is 0.867. The molecule has 6 heteroatoms. The molecule has 0 spiro atoms. The quantitative estimate of drug-likeness (QED) is 0.465. The van der Waals surface area contributed by atoms with Crippen LogP contribution in [0.15, 0.2) is 0 Å². The second-order valence-electron chi connectivity index (χ2n) is 6.11. The molecule has 0 aliphatic heterocycles. The smallest absolute Gasteiger partial charge is 0.311 e. The highest BCUT2D eigenvalue weighted by atomic mass is 16.5. The topological polar surface area (TPSA) is 98.8 Å². The van der Waals surface area contributed by atoms with Gasteiger partial charge in [-0.05, 0) is 46.6 Å². The standard InChI is InChI=1S/C15H29NO5/c1-5-15(4,13(19)20-9-6-7-16)11-14(2,3)12(18)21-10-8-17/h17H,5-11,16H2,1-4H3. The van der Waals surface area contributed by atoms with E-state index >= 15 is 0 Å². The molecule has 0 aliphatic rings. The number of carbonyl (C=O) groups is 2. The average Bonchev–Trinajstić information content (AvgIpc) is 2.44. The minimum Gasteiger partial charge on any atom is -0.465 e. The van der Waals surface area contributed by atoms with Crippen molar-refractivity contribution in [2.24, 2.45) is 16.6 Å². The van der Waals surface area contributed by atoms with Gasteiger partial charge in [-0.25, -0.2) is 0 Å². The molecule has 0 radical (unpaired) electrons. The lowest BCUT2D eigenvalue weighted by Crippen LogP contribution is -2.39. The first-order valence-corrected chi connectivity index (χ1v) is 7.39. The lowest BCUT2D eigenvalue weighted by atomic mass is 9.72. The molecule has 1 atom stereocenters. The Kier molecular flexibility index (Phi) is 8.51. The normalized spacial score (nSPS) is 14.4. The van der Waals surface area contributed by atoms with E-state index in [1.807, 2.05) is 6.92 Å². The highest BCUT2D eigenvalue weighted by Crippen LogP contribution is 2.38. The molecular weight excluding hydrogens is 274 g/mol. The van der Waals surface area contributed by atoms with E-state index < -0.39 is 16.8 Å². The number of aliphatic hydroxyl groups is 1. The molecule has 0 aromatic rings. The summed E-state index contributed by atoms with van der Waals surface area (Å²) >= 11 is 0. The molecule has 21 heavy (non-hydrogen) atoms. The maximum atomic E-state index is 12.2. The molecular formula is C15H29NO5. The molecule has 0 aromatic carbocycles. The van der Waals surface area contributed by atoms with Crippen molar-refractivity contribution in [3.05, 3.63) is 0 Å². The average molecular weight is 303 g/mol. The minimum atomic E-state index is -0.827. The Morgan fingerprint density at radius 3 is 2.14 bits per heavy atom. The summed E-state index contributed by atoms with van der Waals surface area (Å²) in [6.45, 7) is 7.65. The van der Waals surface area contributed by atoms with Gasteiger partial charge in [0.2, 0.25) is 0 Å². The predicted molar refractivity (Wildman–Crippen MR) is 79.5 cm³/mol. The molecule has 0 saturated carbocycles. The van der Waals surface area contributed by atoms with Crippen molar-refractivity contribution in [3.63, 3.8) is 0 Å². The van der Waals surface area contributed by atoms with Crippen molar-refractivity contribution in [2.45, 2.75) is 47.0 Å². The monoisotopic (exact) mass is 303 g/mol. The number of rotatable bonds is 10. The van der Waals surface area contributed by atoms with Crippen molar-refractivity contribution >= 4 is 11.9 Å². The molecule has 0 saturated heterocycles. The SMILES string of the molecule is CCC(C)(CC(C)(C)C(=O)OCCO)C(=O)OCCCN. The maximum absolute atomic E-state index is 12.2. The number of hydrogen-bond acceptors (Lipinski definition) is 6. The number of ether oxygens (including phenoxy) is 2. The van der Waals surface area contributed by atoms with Gasteiger partial charge in [0.25, 0.3) is 0 Å². The second-order valence-corrected chi connectivity index (χ2v) is 6.11. The molecule has 0 amide bonds. The van der Waals surface area contributed by atoms with E-state index in [-0.39, 0.29) is 19.2 Å². The first-order valence-electron chi connectivity index (χ1n) is 7.39. The van der Waals surface area contributed by atoms with Crippen LogP contribution in [0.2, 0.25) is 0 Å². The van der Waals surface area contributed by atoms with E-state index in [1.165, 1.54) is 0 Å². The van der Waals surface area contributed by atoms with Gasteiger partial charge in [-0.15, -0.1) is 0 Å². The third-order valence-electron chi connectivity index (χ3n) is 3.56. The van der Waals surface area contributed by atoms with Crippen molar-refractivity contribution in [1.29, 1.82) is 0 Å². The van der Waals surface area contributed by atoms with Crippen LogP contribution in [0.25, 0.3) is 0 Å². The third kappa shape index (κ3) is 6.44. The number of esters is 2. The van der Waals surface area contributed by atoms with Gasteiger partial charge in [0.05, 0.1) is 24.0 Å². The Hall–Kier alpha value is -1.14. The van der Waals surface area contributed by atoms with Crippen molar-refractivity contribution < 1.29 is 24.2 Å². The lowest BCUT2D eigenvalue weighted by Gasteiger charge is -2.33. The molecule has 0 bridgehead atoms. The van der Waals surface area contributed by atoms with E-state index in [9.17, 15) is 9.59 Å². The first-order chi connectivity index (χ1) is 9.73. The second kappa shape index (κ2) is 9.00. The highest BCUT2D eigenvalue weighted by Gasteiger charge is 2.42. The van der Waals surface area contributed by atoms with Crippen molar-refractivity contribution in [1.82, 2.24) is 0 Å². The van der Waals surface area contributed by atoms with E-state index in [4.69, 9.17) is 20.3 Å². The van der Waals surface area contributed by atoms with Gasteiger partial charge >= 0.3 is 11.9 Å². The van der Waals surface area contributed by atoms with Gasteiger partial charge in [0.15, 0.2) is 0 Å². The summed E-state index contributed by atoms with van der Waals surface area (Å²) in [5.41, 5.74) is 3.79. The van der Waals surface area contributed by atoms with Crippen molar-refractivity contribution in [2.75, 3.05) is 26.4 Å². The Bertz CT molecular complexity index is 343. The van der Waals surface area contributed by atoms with Gasteiger partial charge in [-0.2, -0.15) is 0 Å². The van der Waals surface area contributed by atoms with Crippen LogP contribution >= 0.6 is 0 Å². The van der Waals surface area contributed by atoms with Crippen LogP contribution in [0.5, 0.6) is 0 Å². The molecule has 0 fully saturated rings. The van der Waals surface area contributed by atoms with E-state index in [1.54, 1.807) is 20.8 Å².